The molecule has 2 aromatic rings. The molecule has 0 saturated carbocycles. The van der Waals surface area contributed by atoms with Crippen molar-refractivity contribution in [2.45, 2.75) is 19.9 Å². The lowest BCUT2D eigenvalue weighted by Crippen LogP contribution is -2.38. The van der Waals surface area contributed by atoms with Gasteiger partial charge < -0.3 is 9.88 Å². The average Bonchev–Trinajstić information content (AvgIpc) is 2.69. The van der Waals surface area contributed by atoms with Crippen LogP contribution in [0.2, 0.25) is 0 Å². The molecule has 2 rings (SSSR count). The van der Waals surface area contributed by atoms with Crippen molar-refractivity contribution in [3.05, 3.63) is 20.8 Å². The number of rotatable bonds is 3. The first-order chi connectivity index (χ1) is 8.52. The highest BCUT2D eigenvalue weighted by Crippen LogP contribution is 2.13. The van der Waals surface area contributed by atoms with Gasteiger partial charge in [0.2, 0.25) is 5.95 Å². The molecule has 2 heterocycles. The predicted molar refractivity (Wildman–Crippen MR) is 70.1 cm³/mol. The van der Waals surface area contributed by atoms with Gasteiger partial charge in [-0.2, -0.15) is 4.98 Å². The van der Waals surface area contributed by atoms with Crippen molar-refractivity contribution in [2.24, 2.45) is 14.1 Å². The topological polar surface area (TPSA) is 73.8 Å². The van der Waals surface area contributed by atoms with Crippen LogP contribution in [0, 0.1) is 0 Å². The number of fused-ring (bicyclic) bond motifs is 1. The lowest BCUT2D eigenvalue weighted by molar-refractivity contribution is 0.610. The molecule has 0 bridgehead atoms. The molecule has 7 nitrogen and oxygen atoms in total. The van der Waals surface area contributed by atoms with Gasteiger partial charge >= 0.3 is 5.69 Å². The Kier molecular flexibility index (Phi) is 2.98. The molecule has 0 atom stereocenters. The molecule has 0 radical (unpaired) electrons. The van der Waals surface area contributed by atoms with Crippen LogP contribution >= 0.6 is 0 Å². The quantitative estimate of drug-likeness (QED) is 0.825. The molecule has 0 aliphatic rings. The Morgan fingerprint density at radius 2 is 1.89 bits per heavy atom. The Hall–Kier alpha value is -2.05. The summed E-state index contributed by atoms with van der Waals surface area (Å²) in [6, 6.07) is 0. The Balaban J connectivity index is 3.00. The van der Waals surface area contributed by atoms with Gasteiger partial charge in [-0.3, -0.25) is 13.9 Å². The molecule has 0 amide bonds. The summed E-state index contributed by atoms with van der Waals surface area (Å²) in [5.41, 5.74) is 0.237. The van der Waals surface area contributed by atoms with Crippen molar-refractivity contribution >= 4 is 17.1 Å². The lowest BCUT2D eigenvalue weighted by Gasteiger charge is -2.07. The summed E-state index contributed by atoms with van der Waals surface area (Å²) in [5, 5.41) is 2.91. The molecule has 0 aliphatic carbocycles. The van der Waals surface area contributed by atoms with Crippen LogP contribution in [-0.4, -0.2) is 25.7 Å². The molecule has 1 N–H and O–H groups in total. The number of nitrogens with zero attached hydrogens (tertiary/aromatic N) is 4. The molecule has 2 aromatic heterocycles. The van der Waals surface area contributed by atoms with Crippen molar-refractivity contribution < 1.29 is 0 Å². The number of nitrogens with one attached hydrogen (secondary N) is 1. The van der Waals surface area contributed by atoms with Gasteiger partial charge in [0.25, 0.3) is 5.56 Å². The highest BCUT2D eigenvalue weighted by molar-refractivity contribution is 5.74. The summed E-state index contributed by atoms with van der Waals surface area (Å²) < 4.78 is 4.33. The van der Waals surface area contributed by atoms with Gasteiger partial charge in [-0.15, -0.1) is 0 Å². The zero-order chi connectivity index (χ0) is 13.4. The van der Waals surface area contributed by atoms with Crippen LogP contribution in [0.5, 0.6) is 0 Å². The van der Waals surface area contributed by atoms with Gasteiger partial charge in [-0.1, -0.05) is 6.92 Å². The van der Waals surface area contributed by atoms with E-state index in [1.54, 1.807) is 18.7 Å². The maximum Gasteiger partial charge on any atom is 0.332 e. The maximum absolute atomic E-state index is 12.1. The smallest absolute Gasteiger partial charge is 0.332 e. The second kappa shape index (κ2) is 4.32. The molecule has 7 heteroatoms. The summed E-state index contributed by atoms with van der Waals surface area (Å²) >= 11 is 0. The van der Waals surface area contributed by atoms with Gasteiger partial charge in [0.05, 0.1) is 0 Å². The van der Waals surface area contributed by atoms with Gasteiger partial charge in [-0.05, 0) is 6.42 Å². The van der Waals surface area contributed by atoms with Crippen LogP contribution in [0.25, 0.3) is 11.2 Å². The molecule has 0 aromatic carbocycles. The molecular formula is C11H17N5O2. The van der Waals surface area contributed by atoms with Crippen LogP contribution in [-0.2, 0) is 20.6 Å². The van der Waals surface area contributed by atoms with Crippen LogP contribution < -0.4 is 16.6 Å². The van der Waals surface area contributed by atoms with Crippen molar-refractivity contribution in [1.82, 2.24) is 18.7 Å². The minimum Gasteiger partial charge on any atom is -0.359 e. The predicted octanol–water partition coefficient (Wildman–Crippen LogP) is -0.115. The summed E-state index contributed by atoms with van der Waals surface area (Å²) in [6.07, 6.45) is 0.804. The number of aryl methyl sites for hydroxylation is 2. The molecule has 98 valence electrons. The lowest BCUT2D eigenvalue weighted by atomic mass is 10.4. The van der Waals surface area contributed by atoms with E-state index >= 15 is 0 Å². The molecule has 0 aliphatic heterocycles. The average molecular weight is 251 g/mol. The van der Waals surface area contributed by atoms with E-state index in [-0.39, 0.29) is 11.2 Å². The van der Waals surface area contributed by atoms with Gasteiger partial charge in [0.1, 0.15) is 0 Å². The number of hydrogen-bond donors (Lipinski definition) is 1. The Bertz CT molecular complexity index is 707. The minimum atomic E-state index is -0.324. The second-order valence-electron chi connectivity index (χ2n) is 4.22. The van der Waals surface area contributed by atoms with Crippen LogP contribution in [0.1, 0.15) is 13.3 Å². The van der Waals surface area contributed by atoms with E-state index in [9.17, 15) is 9.59 Å². The van der Waals surface area contributed by atoms with E-state index in [0.717, 1.165) is 11.0 Å². The zero-order valence-electron chi connectivity index (χ0n) is 11.0. The first-order valence-electron chi connectivity index (χ1n) is 5.86. The van der Waals surface area contributed by atoms with Crippen molar-refractivity contribution in [2.75, 3.05) is 12.4 Å². The molecular weight excluding hydrogens is 234 g/mol. The first-order valence-corrected chi connectivity index (χ1v) is 5.86. The molecule has 18 heavy (non-hydrogen) atoms. The molecule has 0 spiro atoms. The largest absolute Gasteiger partial charge is 0.359 e. The minimum absolute atomic E-state index is 0.321. The van der Waals surface area contributed by atoms with Crippen LogP contribution in [0.3, 0.4) is 0 Å². The monoisotopic (exact) mass is 251 g/mol. The third-order valence-electron chi connectivity index (χ3n) is 3.03. The normalized spacial score (nSPS) is 11.1. The molecule has 0 fully saturated rings. The second-order valence-corrected chi connectivity index (χ2v) is 4.22. The fourth-order valence-corrected chi connectivity index (χ4v) is 2.08. The summed E-state index contributed by atoms with van der Waals surface area (Å²) in [7, 11) is 4.97. The van der Waals surface area contributed by atoms with E-state index in [4.69, 9.17) is 0 Å². The standard InChI is InChI=1S/C11H17N5O2/c1-5-6-16-8-7(9(17)15(4)11(16)18)14(3)10(12-2)13-8/h5-6H2,1-4H3,(H,12,13). The summed E-state index contributed by atoms with van der Waals surface area (Å²) in [6.45, 7) is 2.52. The third-order valence-corrected chi connectivity index (χ3v) is 3.03. The van der Waals surface area contributed by atoms with Crippen LogP contribution in [0.15, 0.2) is 9.59 Å². The SMILES string of the molecule is CCCn1c(=O)n(C)c(=O)c2c1nc(NC)n2C. The van der Waals surface area contributed by atoms with E-state index in [2.05, 4.69) is 10.3 Å². The van der Waals surface area contributed by atoms with Gasteiger partial charge in [0.15, 0.2) is 11.2 Å². The van der Waals surface area contributed by atoms with Crippen LogP contribution in [0.4, 0.5) is 5.95 Å². The number of anilines is 1. The highest BCUT2D eigenvalue weighted by atomic mass is 16.2. The summed E-state index contributed by atoms with van der Waals surface area (Å²) in [4.78, 5) is 28.5. The molecule has 0 unspecified atom stereocenters. The van der Waals surface area contributed by atoms with Crippen molar-refractivity contribution in [3.63, 3.8) is 0 Å². The van der Waals surface area contributed by atoms with Crippen molar-refractivity contribution in [1.29, 1.82) is 0 Å². The van der Waals surface area contributed by atoms with E-state index in [1.807, 2.05) is 6.92 Å². The Morgan fingerprint density at radius 1 is 1.22 bits per heavy atom. The zero-order valence-corrected chi connectivity index (χ0v) is 11.0. The molecule has 0 saturated heterocycles. The summed E-state index contributed by atoms with van der Waals surface area (Å²) in [5.74, 6) is 0.567. The fraction of sp³-hybridized carbons (Fsp3) is 0.545. The number of hydrogen-bond acceptors (Lipinski definition) is 4. The highest BCUT2D eigenvalue weighted by Gasteiger charge is 2.17. The van der Waals surface area contributed by atoms with Crippen molar-refractivity contribution in [3.8, 4) is 0 Å². The third kappa shape index (κ3) is 1.54. The van der Waals surface area contributed by atoms with E-state index in [1.165, 1.54) is 11.6 Å². The first kappa shape index (κ1) is 12.4. The Morgan fingerprint density at radius 3 is 2.44 bits per heavy atom. The maximum atomic E-state index is 12.1. The van der Waals surface area contributed by atoms with Gasteiger partial charge in [0, 0.05) is 27.7 Å². The fourth-order valence-electron chi connectivity index (χ4n) is 2.08. The van der Waals surface area contributed by atoms with E-state index in [0.29, 0.717) is 23.7 Å². The Labute approximate surface area is 104 Å². The van der Waals surface area contributed by atoms with Gasteiger partial charge in [-0.25, -0.2) is 4.79 Å². The number of aromatic nitrogens is 4. The number of imidazole rings is 1. The van der Waals surface area contributed by atoms with E-state index < -0.39 is 0 Å².